The summed E-state index contributed by atoms with van der Waals surface area (Å²) >= 11 is 5.85. The molecule has 114 valence electrons. The molecule has 0 heterocycles. The van der Waals surface area contributed by atoms with Crippen LogP contribution in [-0.2, 0) is 0 Å². The van der Waals surface area contributed by atoms with Gasteiger partial charge in [-0.1, -0.05) is 37.6 Å². The number of nitrogens with one attached hydrogen (secondary N) is 1. The van der Waals surface area contributed by atoms with Gasteiger partial charge in [0.1, 0.15) is 0 Å². The predicted molar refractivity (Wildman–Crippen MR) is 89.8 cm³/mol. The summed E-state index contributed by atoms with van der Waals surface area (Å²) < 4.78 is 0. The third-order valence-electron chi connectivity index (χ3n) is 3.37. The van der Waals surface area contributed by atoms with Gasteiger partial charge in [-0.15, -0.1) is 0 Å². The van der Waals surface area contributed by atoms with E-state index >= 15 is 0 Å². The van der Waals surface area contributed by atoms with E-state index in [-0.39, 0.29) is 16.4 Å². The van der Waals surface area contributed by atoms with E-state index in [9.17, 15) is 14.8 Å². The Kier molecular flexibility index (Phi) is 5.24. The number of anilines is 1. The van der Waals surface area contributed by atoms with Crippen molar-refractivity contribution in [1.29, 1.82) is 0 Å². The van der Waals surface area contributed by atoms with E-state index in [2.05, 4.69) is 19.2 Å². The van der Waals surface area contributed by atoms with E-state index in [1.54, 1.807) is 0 Å². The van der Waals surface area contributed by atoms with Gasteiger partial charge in [0.2, 0.25) is 0 Å². The standard InChI is InChI=1S/C16H17BClNO3/c1-10(2)11-3-6-13(7-4-11)19-16(20)12-5-8-15(18)14(9-12)17(21)22/h3-10,21-22H,1-2H3,(H,19,20). The Hall–Kier alpha value is -1.82. The predicted octanol–water partition coefficient (Wildman–Crippen LogP) is 2.40. The Balaban J connectivity index is 2.17. The zero-order valence-electron chi connectivity index (χ0n) is 12.4. The molecule has 2 aromatic rings. The third kappa shape index (κ3) is 3.88. The maximum Gasteiger partial charge on any atom is 0.489 e. The molecule has 0 aliphatic heterocycles. The van der Waals surface area contributed by atoms with Crippen molar-refractivity contribution in [2.75, 3.05) is 5.32 Å². The Morgan fingerprint density at radius 2 is 1.77 bits per heavy atom. The first-order valence-electron chi connectivity index (χ1n) is 6.95. The minimum Gasteiger partial charge on any atom is -0.423 e. The average Bonchev–Trinajstić information content (AvgIpc) is 2.47. The van der Waals surface area contributed by atoms with Gasteiger partial charge in [0.25, 0.3) is 5.91 Å². The number of carbonyl (C=O) groups is 1. The van der Waals surface area contributed by atoms with E-state index in [0.29, 0.717) is 17.2 Å². The minimum absolute atomic E-state index is 0.101. The van der Waals surface area contributed by atoms with Crippen molar-refractivity contribution in [1.82, 2.24) is 0 Å². The normalized spacial score (nSPS) is 10.6. The number of amides is 1. The highest BCUT2D eigenvalue weighted by Crippen LogP contribution is 2.18. The maximum atomic E-state index is 12.2. The quantitative estimate of drug-likeness (QED) is 0.758. The van der Waals surface area contributed by atoms with Crippen molar-refractivity contribution >= 4 is 35.8 Å². The molecule has 0 unspecified atom stereocenters. The van der Waals surface area contributed by atoms with Crippen LogP contribution in [0.15, 0.2) is 42.5 Å². The number of carbonyl (C=O) groups excluding carboxylic acids is 1. The van der Waals surface area contributed by atoms with Crippen LogP contribution in [0.5, 0.6) is 0 Å². The smallest absolute Gasteiger partial charge is 0.423 e. The van der Waals surface area contributed by atoms with E-state index in [1.807, 2.05) is 24.3 Å². The minimum atomic E-state index is -1.72. The first-order valence-corrected chi connectivity index (χ1v) is 7.33. The molecule has 0 saturated carbocycles. The Bertz CT molecular complexity index is 672. The Morgan fingerprint density at radius 3 is 2.32 bits per heavy atom. The zero-order chi connectivity index (χ0) is 16.3. The second kappa shape index (κ2) is 6.96. The highest BCUT2D eigenvalue weighted by molar-refractivity contribution is 6.62. The van der Waals surface area contributed by atoms with Crippen LogP contribution in [-0.4, -0.2) is 23.1 Å². The molecule has 0 aliphatic rings. The molecule has 0 radical (unpaired) electrons. The number of benzene rings is 2. The van der Waals surface area contributed by atoms with Gasteiger partial charge in [-0.05, 0) is 41.8 Å². The Morgan fingerprint density at radius 1 is 1.14 bits per heavy atom. The van der Waals surface area contributed by atoms with E-state index in [1.165, 1.54) is 23.8 Å². The lowest BCUT2D eigenvalue weighted by Gasteiger charge is -2.10. The lowest BCUT2D eigenvalue weighted by atomic mass is 9.79. The van der Waals surface area contributed by atoms with Crippen molar-refractivity contribution in [3.63, 3.8) is 0 Å². The van der Waals surface area contributed by atoms with Crippen LogP contribution in [0.25, 0.3) is 0 Å². The number of hydrogen-bond donors (Lipinski definition) is 3. The molecule has 2 aromatic carbocycles. The summed E-state index contributed by atoms with van der Waals surface area (Å²) in [6, 6.07) is 12.0. The summed E-state index contributed by atoms with van der Waals surface area (Å²) in [5.41, 5.74) is 2.27. The van der Waals surface area contributed by atoms with Crippen molar-refractivity contribution in [3.8, 4) is 0 Å². The molecule has 22 heavy (non-hydrogen) atoms. The first kappa shape index (κ1) is 16.6. The molecule has 0 saturated heterocycles. The summed E-state index contributed by atoms with van der Waals surface area (Å²) in [6.45, 7) is 4.20. The summed E-state index contributed by atoms with van der Waals surface area (Å²) in [7, 11) is -1.72. The van der Waals surface area contributed by atoms with Crippen molar-refractivity contribution < 1.29 is 14.8 Å². The molecule has 0 bridgehead atoms. The van der Waals surface area contributed by atoms with Crippen molar-refractivity contribution in [2.24, 2.45) is 0 Å². The molecule has 3 N–H and O–H groups in total. The van der Waals surface area contributed by atoms with Crippen LogP contribution >= 0.6 is 11.6 Å². The van der Waals surface area contributed by atoms with Gasteiger partial charge in [0.15, 0.2) is 0 Å². The molecular formula is C16H17BClNO3. The van der Waals surface area contributed by atoms with Crippen LogP contribution < -0.4 is 10.8 Å². The van der Waals surface area contributed by atoms with Gasteiger partial charge < -0.3 is 15.4 Å². The van der Waals surface area contributed by atoms with E-state index < -0.39 is 7.12 Å². The fourth-order valence-corrected chi connectivity index (χ4v) is 2.25. The first-order chi connectivity index (χ1) is 10.4. The fourth-order valence-electron chi connectivity index (χ4n) is 2.04. The SMILES string of the molecule is CC(C)c1ccc(NC(=O)c2ccc(Cl)c(B(O)O)c2)cc1. The van der Waals surface area contributed by atoms with Crippen LogP contribution in [0.1, 0.15) is 35.7 Å². The van der Waals surface area contributed by atoms with E-state index in [0.717, 1.165) is 0 Å². The second-order valence-electron chi connectivity index (χ2n) is 5.34. The fraction of sp³-hybridized carbons (Fsp3) is 0.188. The maximum absolute atomic E-state index is 12.2. The number of rotatable bonds is 4. The monoisotopic (exact) mass is 317 g/mol. The molecule has 2 rings (SSSR count). The Labute approximate surface area is 134 Å². The molecule has 0 aliphatic carbocycles. The molecule has 0 atom stereocenters. The van der Waals surface area contributed by atoms with Crippen molar-refractivity contribution in [2.45, 2.75) is 19.8 Å². The van der Waals surface area contributed by atoms with Gasteiger partial charge in [-0.3, -0.25) is 4.79 Å². The van der Waals surface area contributed by atoms with Crippen molar-refractivity contribution in [3.05, 3.63) is 58.6 Å². The average molecular weight is 318 g/mol. The molecule has 0 fully saturated rings. The van der Waals surface area contributed by atoms with Gasteiger partial charge in [0, 0.05) is 21.7 Å². The van der Waals surface area contributed by atoms with Crippen LogP contribution in [0, 0.1) is 0 Å². The largest absolute Gasteiger partial charge is 0.489 e. The summed E-state index contributed by atoms with van der Waals surface area (Å²) in [4.78, 5) is 12.2. The summed E-state index contributed by atoms with van der Waals surface area (Å²) in [6.07, 6.45) is 0. The van der Waals surface area contributed by atoms with Gasteiger partial charge >= 0.3 is 7.12 Å². The van der Waals surface area contributed by atoms with Gasteiger partial charge in [0.05, 0.1) is 0 Å². The number of halogens is 1. The van der Waals surface area contributed by atoms with Crippen LogP contribution in [0.3, 0.4) is 0 Å². The van der Waals surface area contributed by atoms with Gasteiger partial charge in [-0.25, -0.2) is 0 Å². The molecule has 6 heteroatoms. The molecular weight excluding hydrogens is 300 g/mol. The summed E-state index contributed by atoms with van der Waals surface area (Å²) in [5.74, 6) is 0.0884. The third-order valence-corrected chi connectivity index (χ3v) is 3.72. The second-order valence-corrected chi connectivity index (χ2v) is 5.75. The zero-order valence-corrected chi connectivity index (χ0v) is 13.1. The molecule has 4 nitrogen and oxygen atoms in total. The highest BCUT2D eigenvalue weighted by atomic mass is 35.5. The molecule has 1 amide bonds. The number of hydrogen-bond acceptors (Lipinski definition) is 3. The van der Waals surface area contributed by atoms with Crippen LogP contribution in [0.4, 0.5) is 5.69 Å². The lowest BCUT2D eigenvalue weighted by molar-refractivity contribution is 0.102. The van der Waals surface area contributed by atoms with E-state index in [4.69, 9.17) is 11.6 Å². The molecule has 0 spiro atoms. The topological polar surface area (TPSA) is 69.6 Å². The lowest BCUT2D eigenvalue weighted by Crippen LogP contribution is -2.31. The van der Waals surface area contributed by atoms with Gasteiger partial charge in [-0.2, -0.15) is 0 Å². The summed E-state index contributed by atoms with van der Waals surface area (Å²) in [5, 5.41) is 21.4. The molecule has 0 aromatic heterocycles. The van der Waals surface area contributed by atoms with Crippen LogP contribution in [0.2, 0.25) is 5.02 Å². The highest BCUT2D eigenvalue weighted by Gasteiger charge is 2.17.